The number of ether oxygens (including phenoxy) is 1. The molecule has 1 aromatic heterocycles. The second-order valence-corrected chi connectivity index (χ2v) is 3.52. The third-order valence-electron chi connectivity index (χ3n) is 2.46. The molecule has 6 heteroatoms. The van der Waals surface area contributed by atoms with E-state index in [1.165, 1.54) is 10.6 Å². The zero-order chi connectivity index (χ0) is 12.6. The van der Waals surface area contributed by atoms with Gasteiger partial charge in [-0.2, -0.15) is 4.98 Å². The van der Waals surface area contributed by atoms with E-state index in [4.69, 9.17) is 9.84 Å². The highest BCUT2D eigenvalue weighted by Crippen LogP contribution is 2.29. The number of nitrogens with zero attached hydrogens (tertiary/aromatic N) is 2. The summed E-state index contributed by atoms with van der Waals surface area (Å²) in [5.41, 5.74) is 0.663. The molecule has 0 amide bonds. The Hall–Kier alpha value is -2.24. The fourth-order valence-electron chi connectivity index (χ4n) is 1.74. The Morgan fingerprint density at radius 2 is 2.24 bits per heavy atom. The van der Waals surface area contributed by atoms with Crippen molar-refractivity contribution < 1.29 is 19.7 Å². The number of imidazole rings is 1. The lowest BCUT2D eigenvalue weighted by atomic mass is 10.1. The Morgan fingerprint density at radius 1 is 1.53 bits per heavy atom. The van der Waals surface area contributed by atoms with Gasteiger partial charge in [0.05, 0.1) is 17.6 Å². The number of phenols is 1. The molecule has 2 N–H and O–H groups in total. The molecule has 0 atom stereocenters. The summed E-state index contributed by atoms with van der Waals surface area (Å²) in [6, 6.07) is 3.20. The van der Waals surface area contributed by atoms with Crippen LogP contribution >= 0.6 is 0 Å². The van der Waals surface area contributed by atoms with Crippen molar-refractivity contribution in [1.82, 2.24) is 9.55 Å². The van der Waals surface area contributed by atoms with E-state index in [0.29, 0.717) is 23.7 Å². The molecule has 0 fully saturated rings. The van der Waals surface area contributed by atoms with Crippen molar-refractivity contribution in [3.05, 3.63) is 17.7 Å². The molecule has 6 nitrogen and oxygen atoms in total. The molecule has 0 aliphatic heterocycles. The number of aromatic nitrogens is 2. The van der Waals surface area contributed by atoms with Gasteiger partial charge in [-0.05, 0) is 19.1 Å². The Balaban J connectivity index is 2.79. The summed E-state index contributed by atoms with van der Waals surface area (Å²) in [5, 5.41) is 18.7. The van der Waals surface area contributed by atoms with Crippen molar-refractivity contribution in [3.8, 4) is 11.8 Å². The summed E-state index contributed by atoms with van der Waals surface area (Å²) in [6.07, 6.45) is 0. The van der Waals surface area contributed by atoms with Crippen LogP contribution in [-0.4, -0.2) is 32.3 Å². The fraction of sp³-hybridized carbons (Fsp3) is 0.273. The number of aromatic hydroxyl groups is 1. The number of carbonyl (C=O) groups is 1. The maximum absolute atomic E-state index is 11.1. The molecule has 0 aliphatic rings. The van der Waals surface area contributed by atoms with E-state index in [-0.39, 0.29) is 11.3 Å². The van der Waals surface area contributed by atoms with E-state index in [1.54, 1.807) is 13.1 Å². The molecule has 0 bridgehead atoms. The number of hydrogen-bond donors (Lipinski definition) is 2. The van der Waals surface area contributed by atoms with Gasteiger partial charge < -0.3 is 14.9 Å². The molecule has 0 unspecified atom stereocenters. The van der Waals surface area contributed by atoms with Gasteiger partial charge in [0, 0.05) is 7.05 Å². The largest absolute Gasteiger partial charge is 0.507 e. The van der Waals surface area contributed by atoms with Crippen LogP contribution in [0.3, 0.4) is 0 Å². The Morgan fingerprint density at radius 3 is 2.82 bits per heavy atom. The smallest absolute Gasteiger partial charge is 0.341 e. The number of hydrogen-bond acceptors (Lipinski definition) is 4. The maximum atomic E-state index is 11.1. The number of carboxylic acids is 1. The monoisotopic (exact) mass is 236 g/mol. The number of carboxylic acid groups (broad SMARTS) is 1. The normalized spacial score (nSPS) is 10.7. The highest BCUT2D eigenvalue weighted by Gasteiger charge is 2.20. The standard InChI is InChI=1S/C11H12N2O4/c1-3-17-11-12-6-4-5-7(14)8(10(15)16)9(6)13(11)2/h4-5,14H,3H2,1-2H3,(H,15,16). The minimum atomic E-state index is -1.20. The number of benzene rings is 1. The van der Waals surface area contributed by atoms with Gasteiger partial charge in [-0.25, -0.2) is 4.79 Å². The van der Waals surface area contributed by atoms with E-state index < -0.39 is 5.97 Å². The van der Waals surface area contributed by atoms with Gasteiger partial charge in [-0.15, -0.1) is 0 Å². The summed E-state index contributed by atoms with van der Waals surface area (Å²) in [7, 11) is 1.65. The first-order chi connectivity index (χ1) is 8.06. The van der Waals surface area contributed by atoms with Crippen molar-refractivity contribution in [2.75, 3.05) is 6.61 Å². The van der Waals surface area contributed by atoms with Crippen LogP contribution in [-0.2, 0) is 7.05 Å². The van der Waals surface area contributed by atoms with Gasteiger partial charge in [0.2, 0.25) is 0 Å². The van der Waals surface area contributed by atoms with Gasteiger partial charge in [0.25, 0.3) is 6.01 Å². The zero-order valence-corrected chi connectivity index (χ0v) is 9.47. The van der Waals surface area contributed by atoms with Crippen molar-refractivity contribution in [2.24, 2.45) is 7.05 Å². The van der Waals surface area contributed by atoms with E-state index in [9.17, 15) is 9.90 Å². The van der Waals surface area contributed by atoms with Crippen LogP contribution in [0.1, 0.15) is 17.3 Å². The van der Waals surface area contributed by atoms with Gasteiger partial charge in [0.1, 0.15) is 11.3 Å². The molecule has 2 rings (SSSR count). The van der Waals surface area contributed by atoms with Gasteiger partial charge in [0.15, 0.2) is 0 Å². The summed E-state index contributed by atoms with van der Waals surface area (Å²) >= 11 is 0. The molecule has 2 aromatic rings. The zero-order valence-electron chi connectivity index (χ0n) is 9.47. The van der Waals surface area contributed by atoms with Crippen LogP contribution < -0.4 is 4.74 Å². The van der Waals surface area contributed by atoms with Crippen molar-refractivity contribution in [1.29, 1.82) is 0 Å². The van der Waals surface area contributed by atoms with Crippen LogP contribution in [0.5, 0.6) is 11.8 Å². The highest BCUT2D eigenvalue weighted by atomic mass is 16.5. The van der Waals surface area contributed by atoms with E-state index in [2.05, 4.69) is 4.98 Å². The molecule has 0 spiro atoms. The van der Waals surface area contributed by atoms with Crippen LogP contribution in [0.25, 0.3) is 11.0 Å². The molecule has 0 saturated heterocycles. The van der Waals surface area contributed by atoms with Crippen molar-refractivity contribution in [3.63, 3.8) is 0 Å². The summed E-state index contributed by atoms with van der Waals surface area (Å²) in [5.74, 6) is -1.48. The maximum Gasteiger partial charge on any atom is 0.341 e. The van der Waals surface area contributed by atoms with Crippen LogP contribution in [0.15, 0.2) is 12.1 Å². The summed E-state index contributed by atoms with van der Waals surface area (Å²) in [4.78, 5) is 15.3. The lowest BCUT2D eigenvalue weighted by Gasteiger charge is -2.04. The fourth-order valence-corrected chi connectivity index (χ4v) is 1.74. The second-order valence-electron chi connectivity index (χ2n) is 3.52. The predicted molar refractivity (Wildman–Crippen MR) is 60.5 cm³/mol. The summed E-state index contributed by atoms with van der Waals surface area (Å²) in [6.45, 7) is 2.25. The molecule has 0 saturated carbocycles. The first kappa shape index (κ1) is 11.3. The number of fused-ring (bicyclic) bond motifs is 1. The SMILES string of the molecule is CCOc1nc2ccc(O)c(C(=O)O)c2n1C. The van der Waals surface area contributed by atoms with E-state index >= 15 is 0 Å². The lowest BCUT2D eigenvalue weighted by molar-refractivity contribution is 0.0695. The predicted octanol–water partition coefficient (Wildman–Crippen LogP) is 1.38. The van der Waals surface area contributed by atoms with Crippen LogP contribution in [0.4, 0.5) is 0 Å². The van der Waals surface area contributed by atoms with Crippen LogP contribution in [0.2, 0.25) is 0 Å². The van der Waals surface area contributed by atoms with Crippen molar-refractivity contribution >= 4 is 17.0 Å². The third-order valence-corrected chi connectivity index (χ3v) is 2.46. The number of rotatable bonds is 3. The van der Waals surface area contributed by atoms with Gasteiger partial charge in [-0.1, -0.05) is 0 Å². The Bertz CT molecular complexity index is 589. The minimum absolute atomic E-state index is 0.163. The molecule has 0 aliphatic carbocycles. The number of aromatic carboxylic acids is 1. The lowest BCUT2D eigenvalue weighted by Crippen LogP contribution is -2.03. The molecule has 1 aromatic carbocycles. The van der Waals surface area contributed by atoms with Gasteiger partial charge in [-0.3, -0.25) is 4.57 Å². The Labute approximate surface area is 97.1 Å². The molecular formula is C11H12N2O4. The molecule has 17 heavy (non-hydrogen) atoms. The quantitative estimate of drug-likeness (QED) is 0.840. The highest BCUT2D eigenvalue weighted by molar-refractivity contribution is 6.04. The van der Waals surface area contributed by atoms with Gasteiger partial charge >= 0.3 is 5.97 Å². The van der Waals surface area contributed by atoms with Crippen LogP contribution in [0, 0.1) is 0 Å². The third kappa shape index (κ3) is 1.67. The minimum Gasteiger partial charge on any atom is -0.507 e. The second kappa shape index (κ2) is 3.97. The Kier molecular flexibility index (Phi) is 2.63. The molecule has 1 heterocycles. The molecular weight excluding hydrogens is 224 g/mol. The van der Waals surface area contributed by atoms with E-state index in [0.717, 1.165) is 0 Å². The first-order valence-electron chi connectivity index (χ1n) is 5.10. The first-order valence-corrected chi connectivity index (χ1v) is 5.10. The average Bonchev–Trinajstić information content (AvgIpc) is 2.57. The van der Waals surface area contributed by atoms with Crippen molar-refractivity contribution in [2.45, 2.75) is 6.92 Å². The summed E-state index contributed by atoms with van der Waals surface area (Å²) < 4.78 is 6.79. The molecule has 90 valence electrons. The molecule has 0 radical (unpaired) electrons. The number of aryl methyl sites for hydroxylation is 1. The topological polar surface area (TPSA) is 84.6 Å². The average molecular weight is 236 g/mol. The van der Waals surface area contributed by atoms with E-state index in [1.807, 2.05) is 6.92 Å².